The zero-order valence-electron chi connectivity index (χ0n) is 7.68. The van der Waals surface area contributed by atoms with Gasteiger partial charge >= 0.3 is 5.97 Å². The number of carbonyl (C=O) groups is 3. The summed E-state index contributed by atoms with van der Waals surface area (Å²) in [5.41, 5.74) is 10.6. The molecule has 80 valence electrons. The van der Waals surface area contributed by atoms with Gasteiger partial charge in [-0.05, 0) is 6.42 Å². The topological polar surface area (TPSA) is 123 Å². The number of hydrogen-bond donors (Lipinski definition) is 3. The van der Waals surface area contributed by atoms with Crippen LogP contribution >= 0.6 is 0 Å². The molecule has 0 amide bonds. The Kier molecular flexibility index (Phi) is 5.66. The summed E-state index contributed by atoms with van der Waals surface area (Å²) in [6, 6.07) is -1.70. The summed E-state index contributed by atoms with van der Waals surface area (Å²) in [7, 11) is 0. The van der Waals surface area contributed by atoms with Gasteiger partial charge in [0, 0.05) is 12.8 Å². The Morgan fingerprint density at radius 2 is 1.93 bits per heavy atom. The van der Waals surface area contributed by atoms with Crippen molar-refractivity contribution in [1.29, 1.82) is 0 Å². The zero-order chi connectivity index (χ0) is 11.1. The average molecular weight is 202 g/mol. The third-order valence-electron chi connectivity index (χ3n) is 1.69. The lowest BCUT2D eigenvalue weighted by molar-refractivity contribution is -0.137. The zero-order valence-corrected chi connectivity index (χ0v) is 7.68. The molecule has 0 radical (unpaired) electrons. The SMILES string of the molecule is N[C@@H](C=O)CC(=O)[C@@H](N)CCC(=O)O. The van der Waals surface area contributed by atoms with E-state index in [1.165, 1.54) is 0 Å². The lowest BCUT2D eigenvalue weighted by Gasteiger charge is -2.09. The molecule has 0 bridgehead atoms. The second-order valence-electron chi connectivity index (χ2n) is 3.01. The third kappa shape index (κ3) is 5.39. The number of ketones is 1. The highest BCUT2D eigenvalue weighted by Gasteiger charge is 2.17. The van der Waals surface area contributed by atoms with E-state index in [2.05, 4.69) is 0 Å². The van der Waals surface area contributed by atoms with E-state index in [0.717, 1.165) is 0 Å². The summed E-state index contributed by atoms with van der Waals surface area (Å²) in [6.07, 6.45) is 0.231. The van der Waals surface area contributed by atoms with Gasteiger partial charge in [-0.25, -0.2) is 0 Å². The number of hydrogen-bond acceptors (Lipinski definition) is 5. The van der Waals surface area contributed by atoms with Crippen molar-refractivity contribution in [3.05, 3.63) is 0 Å². The first kappa shape index (κ1) is 12.7. The summed E-state index contributed by atoms with van der Waals surface area (Å²) in [6.45, 7) is 0. The van der Waals surface area contributed by atoms with E-state index in [1.54, 1.807) is 0 Å². The molecule has 0 rings (SSSR count). The number of aldehydes is 1. The van der Waals surface area contributed by atoms with Crippen LogP contribution in [0.1, 0.15) is 19.3 Å². The van der Waals surface area contributed by atoms with Crippen molar-refractivity contribution in [3.8, 4) is 0 Å². The largest absolute Gasteiger partial charge is 0.481 e. The molecule has 6 heteroatoms. The van der Waals surface area contributed by atoms with Crippen molar-refractivity contribution < 1.29 is 19.5 Å². The highest BCUT2D eigenvalue weighted by molar-refractivity contribution is 5.87. The van der Waals surface area contributed by atoms with Crippen molar-refractivity contribution in [2.45, 2.75) is 31.3 Å². The number of aliphatic carboxylic acids is 1. The van der Waals surface area contributed by atoms with Gasteiger partial charge in [0.2, 0.25) is 0 Å². The number of carboxylic acid groups (broad SMARTS) is 1. The van der Waals surface area contributed by atoms with E-state index in [9.17, 15) is 14.4 Å². The minimum absolute atomic E-state index is 0.0692. The van der Waals surface area contributed by atoms with E-state index in [0.29, 0.717) is 6.29 Å². The molecule has 0 saturated carbocycles. The van der Waals surface area contributed by atoms with Crippen molar-refractivity contribution in [2.75, 3.05) is 0 Å². The van der Waals surface area contributed by atoms with Crippen LogP contribution in [0.2, 0.25) is 0 Å². The van der Waals surface area contributed by atoms with E-state index in [-0.39, 0.29) is 25.0 Å². The molecular formula is C8H14N2O4. The predicted octanol–water partition coefficient (Wildman–Crippen LogP) is -1.34. The van der Waals surface area contributed by atoms with Crippen LogP contribution < -0.4 is 11.5 Å². The van der Waals surface area contributed by atoms with Crippen LogP contribution in [0.4, 0.5) is 0 Å². The molecule has 5 N–H and O–H groups in total. The second kappa shape index (κ2) is 6.22. The first-order valence-corrected chi connectivity index (χ1v) is 4.18. The van der Waals surface area contributed by atoms with Gasteiger partial charge in [0.25, 0.3) is 0 Å². The van der Waals surface area contributed by atoms with E-state index >= 15 is 0 Å². The van der Waals surface area contributed by atoms with Gasteiger partial charge in [0.15, 0.2) is 5.78 Å². The third-order valence-corrected chi connectivity index (χ3v) is 1.69. The highest BCUT2D eigenvalue weighted by Crippen LogP contribution is 1.99. The van der Waals surface area contributed by atoms with E-state index < -0.39 is 18.1 Å². The maximum Gasteiger partial charge on any atom is 0.303 e. The molecule has 0 fully saturated rings. The molecule has 0 saturated heterocycles. The van der Waals surface area contributed by atoms with Crippen molar-refractivity contribution in [3.63, 3.8) is 0 Å². The standard InChI is InChI=1S/C8H14N2O4/c9-5(4-11)3-7(12)6(10)1-2-8(13)14/h4-6H,1-3,9-10H2,(H,13,14)/t5-,6+/m1/s1. The number of Topliss-reactive ketones (excluding diaryl/α,β-unsaturated/α-hetero) is 1. The van der Waals surface area contributed by atoms with Crippen LogP contribution in [0.3, 0.4) is 0 Å². The Morgan fingerprint density at radius 3 is 2.36 bits per heavy atom. The van der Waals surface area contributed by atoms with Gasteiger partial charge in [-0.2, -0.15) is 0 Å². The molecule has 2 atom stereocenters. The summed E-state index contributed by atoms with van der Waals surface area (Å²) >= 11 is 0. The minimum atomic E-state index is -1.01. The Balaban J connectivity index is 3.87. The van der Waals surface area contributed by atoms with Crippen molar-refractivity contribution in [1.82, 2.24) is 0 Å². The monoisotopic (exact) mass is 202 g/mol. The van der Waals surface area contributed by atoms with Gasteiger partial charge in [-0.3, -0.25) is 9.59 Å². The Hall–Kier alpha value is -1.27. The second-order valence-corrected chi connectivity index (χ2v) is 3.01. The fourth-order valence-corrected chi connectivity index (χ4v) is 0.872. The van der Waals surface area contributed by atoms with E-state index in [4.69, 9.17) is 16.6 Å². The summed E-state index contributed by atoms with van der Waals surface area (Å²) < 4.78 is 0. The van der Waals surface area contributed by atoms with Crippen LogP contribution in [0.15, 0.2) is 0 Å². The molecule has 0 aromatic heterocycles. The van der Waals surface area contributed by atoms with E-state index in [1.807, 2.05) is 0 Å². The lowest BCUT2D eigenvalue weighted by atomic mass is 10.0. The van der Waals surface area contributed by atoms with Gasteiger partial charge in [-0.15, -0.1) is 0 Å². The van der Waals surface area contributed by atoms with Crippen LogP contribution in [0.5, 0.6) is 0 Å². The Bertz CT molecular complexity index is 229. The van der Waals surface area contributed by atoms with Crippen LogP contribution in [-0.2, 0) is 14.4 Å². The van der Waals surface area contributed by atoms with Gasteiger partial charge in [0.05, 0.1) is 12.1 Å². The molecule has 0 aromatic rings. The van der Waals surface area contributed by atoms with Gasteiger partial charge in [-0.1, -0.05) is 0 Å². The quantitative estimate of drug-likeness (QED) is 0.439. The molecule has 0 heterocycles. The number of carbonyl (C=O) groups excluding carboxylic acids is 2. The van der Waals surface area contributed by atoms with Crippen LogP contribution in [0, 0.1) is 0 Å². The first-order valence-electron chi connectivity index (χ1n) is 4.18. The highest BCUT2D eigenvalue weighted by atomic mass is 16.4. The lowest BCUT2D eigenvalue weighted by Crippen LogP contribution is -2.36. The molecule has 0 aliphatic heterocycles. The Morgan fingerprint density at radius 1 is 1.36 bits per heavy atom. The van der Waals surface area contributed by atoms with Crippen LogP contribution in [0.25, 0.3) is 0 Å². The molecule has 6 nitrogen and oxygen atoms in total. The average Bonchev–Trinajstić information content (AvgIpc) is 2.13. The summed E-state index contributed by atoms with van der Waals surface area (Å²) in [4.78, 5) is 31.4. The van der Waals surface area contributed by atoms with Crippen molar-refractivity contribution >= 4 is 18.0 Å². The minimum Gasteiger partial charge on any atom is -0.481 e. The summed E-state index contributed by atoms with van der Waals surface area (Å²) in [5, 5.41) is 8.32. The smallest absolute Gasteiger partial charge is 0.303 e. The normalized spacial score (nSPS) is 14.4. The molecule has 0 aromatic carbocycles. The first-order chi connectivity index (χ1) is 6.47. The number of rotatable bonds is 7. The molecule has 0 aliphatic rings. The predicted molar refractivity (Wildman–Crippen MR) is 48.5 cm³/mol. The molecule has 14 heavy (non-hydrogen) atoms. The maximum absolute atomic E-state index is 11.2. The molecule has 0 aliphatic carbocycles. The molecule has 0 unspecified atom stereocenters. The molecule has 0 spiro atoms. The maximum atomic E-state index is 11.2. The number of nitrogens with two attached hydrogens (primary N) is 2. The van der Waals surface area contributed by atoms with Gasteiger partial charge < -0.3 is 21.4 Å². The fraction of sp³-hybridized carbons (Fsp3) is 0.625. The molecular weight excluding hydrogens is 188 g/mol. The van der Waals surface area contributed by atoms with Crippen LogP contribution in [-0.4, -0.2) is 35.2 Å². The summed E-state index contributed by atoms with van der Waals surface area (Å²) in [5.74, 6) is -1.39. The fourth-order valence-electron chi connectivity index (χ4n) is 0.872. The Labute approximate surface area is 81.3 Å². The van der Waals surface area contributed by atoms with Crippen molar-refractivity contribution in [2.24, 2.45) is 11.5 Å². The van der Waals surface area contributed by atoms with Gasteiger partial charge in [0.1, 0.15) is 6.29 Å². The number of carboxylic acids is 1.